The first kappa shape index (κ1) is 10.6. The van der Waals surface area contributed by atoms with Crippen LogP contribution in [0.25, 0.3) is 0 Å². The summed E-state index contributed by atoms with van der Waals surface area (Å²) in [5.41, 5.74) is 1.93. The number of thioether (sulfide) groups is 1. The van der Waals surface area contributed by atoms with Crippen molar-refractivity contribution in [1.29, 1.82) is 0 Å². The van der Waals surface area contributed by atoms with Crippen LogP contribution in [0.3, 0.4) is 0 Å². The van der Waals surface area contributed by atoms with Crippen molar-refractivity contribution in [3.8, 4) is 5.75 Å². The summed E-state index contributed by atoms with van der Waals surface area (Å²) in [5.74, 6) is 2.92. The number of carbonyl (C=O) groups is 1. The summed E-state index contributed by atoms with van der Waals surface area (Å²) in [4.78, 5) is 11.8. The van der Waals surface area contributed by atoms with E-state index in [4.69, 9.17) is 4.74 Å². The van der Waals surface area contributed by atoms with E-state index in [1.807, 2.05) is 25.1 Å². The van der Waals surface area contributed by atoms with Gasteiger partial charge in [-0.2, -0.15) is 11.8 Å². The first-order valence-corrected chi connectivity index (χ1v) is 6.34. The number of hydrogen-bond donors (Lipinski definition) is 0. The van der Waals surface area contributed by atoms with E-state index in [0.29, 0.717) is 13.0 Å². The lowest BCUT2D eigenvalue weighted by Gasteiger charge is -2.11. The van der Waals surface area contributed by atoms with Crippen LogP contribution in [-0.4, -0.2) is 18.1 Å². The lowest BCUT2D eigenvalue weighted by atomic mass is 10.0. The topological polar surface area (TPSA) is 26.3 Å². The fraction of sp³-hybridized carbons (Fsp3) is 0.417. The number of Topliss-reactive ketones (excluding diaryl/α,β-unsaturated/α-hetero) is 1. The van der Waals surface area contributed by atoms with Gasteiger partial charge in [-0.3, -0.25) is 4.79 Å². The number of rotatable bonds is 2. The van der Waals surface area contributed by atoms with Crippen molar-refractivity contribution < 1.29 is 9.53 Å². The molecule has 0 N–H and O–H groups in total. The fourth-order valence-electron chi connectivity index (χ4n) is 1.74. The maximum absolute atomic E-state index is 11.8. The van der Waals surface area contributed by atoms with Gasteiger partial charge in [-0.15, -0.1) is 0 Å². The minimum absolute atomic E-state index is 0.247. The molecule has 0 bridgehead atoms. The van der Waals surface area contributed by atoms with Crippen molar-refractivity contribution in [2.45, 2.75) is 19.1 Å². The molecule has 0 spiro atoms. The highest BCUT2D eigenvalue weighted by Gasteiger charge is 2.18. The Morgan fingerprint density at radius 2 is 2.33 bits per heavy atom. The Labute approximate surface area is 94.0 Å². The normalized spacial score (nSPS) is 15.7. The van der Waals surface area contributed by atoms with E-state index in [0.717, 1.165) is 28.4 Å². The van der Waals surface area contributed by atoms with Crippen LogP contribution in [0, 0.1) is 0 Å². The van der Waals surface area contributed by atoms with Gasteiger partial charge in [0, 0.05) is 29.1 Å². The molecule has 1 aliphatic heterocycles. The highest BCUT2D eigenvalue weighted by Crippen LogP contribution is 2.31. The zero-order valence-electron chi connectivity index (χ0n) is 8.79. The van der Waals surface area contributed by atoms with Crippen molar-refractivity contribution in [2.24, 2.45) is 0 Å². The van der Waals surface area contributed by atoms with E-state index in [-0.39, 0.29) is 5.78 Å². The van der Waals surface area contributed by atoms with Crippen molar-refractivity contribution in [1.82, 2.24) is 0 Å². The van der Waals surface area contributed by atoms with E-state index in [1.165, 1.54) is 0 Å². The molecule has 0 radical (unpaired) electrons. The van der Waals surface area contributed by atoms with Crippen molar-refractivity contribution in [3.05, 3.63) is 29.3 Å². The first-order chi connectivity index (χ1) is 7.33. The highest BCUT2D eigenvalue weighted by atomic mass is 32.2. The van der Waals surface area contributed by atoms with Gasteiger partial charge in [0.05, 0.1) is 6.61 Å². The molecule has 0 fully saturated rings. The molecule has 0 saturated heterocycles. The molecular formula is C12H14O2S. The molecule has 3 heteroatoms. The van der Waals surface area contributed by atoms with Crippen LogP contribution in [0.1, 0.15) is 29.3 Å². The zero-order chi connectivity index (χ0) is 10.7. The molecule has 1 aromatic carbocycles. The van der Waals surface area contributed by atoms with Gasteiger partial charge < -0.3 is 4.74 Å². The molecule has 1 aliphatic rings. The van der Waals surface area contributed by atoms with E-state index in [1.54, 1.807) is 11.8 Å². The summed E-state index contributed by atoms with van der Waals surface area (Å²) in [6.07, 6.45) is 0.646. The molecule has 2 rings (SSSR count). The summed E-state index contributed by atoms with van der Waals surface area (Å²) in [5, 5.41) is 0. The van der Waals surface area contributed by atoms with Gasteiger partial charge in [0.2, 0.25) is 0 Å². The predicted octanol–water partition coefficient (Wildman–Crippen LogP) is 2.90. The standard InChI is InChI=1S/C12H14O2S/c1-2-14-12-5-3-4-9-10(12)8-15-7-6-11(9)13/h3-5H,2,6-8H2,1H3. The Balaban J connectivity index is 2.43. The third kappa shape index (κ3) is 2.17. The van der Waals surface area contributed by atoms with Gasteiger partial charge in [0.15, 0.2) is 5.78 Å². The quantitative estimate of drug-likeness (QED) is 0.769. The monoisotopic (exact) mass is 222 g/mol. The third-order valence-electron chi connectivity index (χ3n) is 2.45. The maximum atomic E-state index is 11.8. The van der Waals surface area contributed by atoms with E-state index >= 15 is 0 Å². The second-order valence-corrected chi connectivity index (χ2v) is 4.55. The predicted molar refractivity (Wildman–Crippen MR) is 62.7 cm³/mol. The van der Waals surface area contributed by atoms with Crippen LogP contribution in [0.2, 0.25) is 0 Å². The Morgan fingerprint density at radius 1 is 1.47 bits per heavy atom. The minimum atomic E-state index is 0.247. The number of fused-ring (bicyclic) bond motifs is 1. The van der Waals surface area contributed by atoms with Crippen molar-refractivity contribution in [3.63, 3.8) is 0 Å². The van der Waals surface area contributed by atoms with Crippen LogP contribution < -0.4 is 4.74 Å². The van der Waals surface area contributed by atoms with Crippen LogP contribution in [0.5, 0.6) is 5.75 Å². The lowest BCUT2D eigenvalue weighted by molar-refractivity contribution is 0.0989. The SMILES string of the molecule is CCOc1cccc2c1CSCCC2=O. The molecule has 80 valence electrons. The summed E-state index contributed by atoms with van der Waals surface area (Å²) >= 11 is 1.80. The summed E-state index contributed by atoms with van der Waals surface area (Å²) in [6, 6.07) is 5.76. The molecular weight excluding hydrogens is 208 g/mol. The molecule has 1 heterocycles. The van der Waals surface area contributed by atoms with Gasteiger partial charge in [0.25, 0.3) is 0 Å². The average molecular weight is 222 g/mol. The van der Waals surface area contributed by atoms with E-state index in [2.05, 4.69) is 0 Å². The second-order valence-electron chi connectivity index (χ2n) is 3.44. The fourth-order valence-corrected chi connectivity index (χ4v) is 2.72. The molecule has 0 atom stereocenters. The Kier molecular flexibility index (Phi) is 3.31. The Morgan fingerprint density at radius 3 is 3.13 bits per heavy atom. The highest BCUT2D eigenvalue weighted by molar-refractivity contribution is 7.98. The largest absolute Gasteiger partial charge is 0.494 e. The molecule has 15 heavy (non-hydrogen) atoms. The van der Waals surface area contributed by atoms with Gasteiger partial charge in [0.1, 0.15) is 5.75 Å². The molecule has 1 aromatic rings. The lowest BCUT2D eigenvalue weighted by Crippen LogP contribution is -2.03. The molecule has 0 saturated carbocycles. The number of carbonyl (C=O) groups excluding carboxylic acids is 1. The average Bonchev–Trinajstić information content (AvgIpc) is 2.43. The molecule has 2 nitrogen and oxygen atoms in total. The van der Waals surface area contributed by atoms with Crippen LogP contribution in [-0.2, 0) is 5.75 Å². The smallest absolute Gasteiger partial charge is 0.164 e. The zero-order valence-corrected chi connectivity index (χ0v) is 9.60. The third-order valence-corrected chi connectivity index (χ3v) is 3.44. The van der Waals surface area contributed by atoms with Gasteiger partial charge >= 0.3 is 0 Å². The van der Waals surface area contributed by atoms with Crippen molar-refractivity contribution in [2.75, 3.05) is 12.4 Å². The molecule has 0 aromatic heterocycles. The van der Waals surface area contributed by atoms with Gasteiger partial charge in [-0.1, -0.05) is 12.1 Å². The number of benzene rings is 1. The van der Waals surface area contributed by atoms with Crippen LogP contribution >= 0.6 is 11.8 Å². The maximum Gasteiger partial charge on any atom is 0.164 e. The van der Waals surface area contributed by atoms with Gasteiger partial charge in [-0.05, 0) is 13.0 Å². The number of ketones is 1. The van der Waals surface area contributed by atoms with Crippen LogP contribution in [0.4, 0.5) is 0 Å². The Hall–Kier alpha value is -0.960. The van der Waals surface area contributed by atoms with E-state index in [9.17, 15) is 4.79 Å². The minimum Gasteiger partial charge on any atom is -0.494 e. The van der Waals surface area contributed by atoms with Crippen LogP contribution in [0.15, 0.2) is 18.2 Å². The Bertz CT molecular complexity index is 374. The van der Waals surface area contributed by atoms with E-state index < -0.39 is 0 Å². The molecule has 0 amide bonds. The number of hydrogen-bond acceptors (Lipinski definition) is 3. The first-order valence-electron chi connectivity index (χ1n) is 5.18. The summed E-state index contributed by atoms with van der Waals surface area (Å²) in [6.45, 7) is 2.61. The van der Waals surface area contributed by atoms with Gasteiger partial charge in [-0.25, -0.2) is 0 Å². The second kappa shape index (κ2) is 4.71. The molecule has 0 unspecified atom stereocenters. The summed E-state index contributed by atoms with van der Waals surface area (Å²) < 4.78 is 5.54. The van der Waals surface area contributed by atoms with Crippen molar-refractivity contribution >= 4 is 17.5 Å². The molecule has 0 aliphatic carbocycles. The summed E-state index contributed by atoms with van der Waals surface area (Å²) in [7, 11) is 0. The number of ether oxygens (including phenoxy) is 1.